The van der Waals surface area contributed by atoms with Crippen LogP contribution in [0.2, 0.25) is 0 Å². The summed E-state index contributed by atoms with van der Waals surface area (Å²) in [5.41, 5.74) is 3.76. The van der Waals surface area contributed by atoms with E-state index in [1.165, 1.54) is 40.6 Å². The topological polar surface area (TPSA) is 58.5 Å². The van der Waals surface area contributed by atoms with Gasteiger partial charge in [0.2, 0.25) is 5.91 Å². The number of carbonyl (C=O) groups excluding carboxylic acids is 2. The molecule has 0 fully saturated rings. The molecule has 23 heavy (non-hydrogen) atoms. The van der Waals surface area contributed by atoms with Crippen LogP contribution < -0.4 is 5.32 Å². The first kappa shape index (κ1) is 14.2. The Morgan fingerprint density at radius 3 is 2.78 bits per heavy atom. The van der Waals surface area contributed by atoms with Gasteiger partial charge in [0.25, 0.3) is 5.91 Å². The lowest BCUT2D eigenvalue weighted by atomic mass is 9.99. The maximum atomic E-state index is 12.0. The standard InChI is InChI=1S/C18H14N2O2S/c1-10(21)19-18-20-17(22)15(23-18)9-13-8-7-12-6-5-11-3-2-4-14(13)16(11)12/h2-4,7-9H,5-6H2,1H3,(H,19,20,21,22)/b15-9-. The third kappa shape index (κ3) is 2.47. The number of aliphatic imine (C=N–C) groups is 1. The first-order valence-electron chi connectivity index (χ1n) is 7.45. The molecule has 0 radical (unpaired) electrons. The molecule has 0 saturated carbocycles. The summed E-state index contributed by atoms with van der Waals surface area (Å²) in [5, 5.41) is 5.40. The van der Waals surface area contributed by atoms with Gasteiger partial charge in [-0.15, -0.1) is 0 Å². The van der Waals surface area contributed by atoms with Crippen LogP contribution in [-0.4, -0.2) is 17.0 Å². The molecule has 0 unspecified atom stereocenters. The summed E-state index contributed by atoms with van der Waals surface area (Å²) in [7, 11) is 0. The van der Waals surface area contributed by atoms with Crippen LogP contribution >= 0.6 is 11.8 Å². The second-order valence-corrected chi connectivity index (χ2v) is 6.70. The molecule has 0 spiro atoms. The van der Waals surface area contributed by atoms with Gasteiger partial charge in [-0.25, -0.2) is 0 Å². The molecule has 1 aliphatic carbocycles. The van der Waals surface area contributed by atoms with E-state index in [0.29, 0.717) is 10.1 Å². The summed E-state index contributed by atoms with van der Waals surface area (Å²) in [6.45, 7) is 1.40. The molecule has 1 N–H and O–H groups in total. The van der Waals surface area contributed by atoms with Crippen molar-refractivity contribution < 1.29 is 9.59 Å². The summed E-state index contributed by atoms with van der Waals surface area (Å²) in [5.74, 6) is -0.530. The Labute approximate surface area is 137 Å². The zero-order valence-electron chi connectivity index (χ0n) is 12.6. The van der Waals surface area contributed by atoms with Crippen LogP contribution in [0.15, 0.2) is 40.2 Å². The van der Waals surface area contributed by atoms with Gasteiger partial charge in [-0.2, -0.15) is 4.99 Å². The van der Waals surface area contributed by atoms with E-state index >= 15 is 0 Å². The number of thioether (sulfide) groups is 1. The fourth-order valence-corrected chi connectivity index (χ4v) is 4.00. The number of hydrogen-bond acceptors (Lipinski definition) is 3. The fraction of sp³-hybridized carbons (Fsp3) is 0.167. The minimum absolute atomic E-state index is 0.226. The van der Waals surface area contributed by atoms with Gasteiger partial charge in [0, 0.05) is 6.92 Å². The van der Waals surface area contributed by atoms with Crippen molar-refractivity contribution in [3.8, 4) is 0 Å². The number of nitrogens with one attached hydrogen (secondary N) is 1. The lowest BCUT2D eigenvalue weighted by Crippen LogP contribution is -2.23. The highest BCUT2D eigenvalue weighted by Crippen LogP contribution is 2.35. The second-order valence-electron chi connectivity index (χ2n) is 5.67. The van der Waals surface area contributed by atoms with Gasteiger partial charge in [0.05, 0.1) is 4.91 Å². The van der Waals surface area contributed by atoms with Gasteiger partial charge < -0.3 is 5.32 Å². The monoisotopic (exact) mass is 322 g/mol. The van der Waals surface area contributed by atoms with Crippen molar-refractivity contribution in [1.82, 2.24) is 5.32 Å². The predicted molar refractivity (Wildman–Crippen MR) is 93.2 cm³/mol. The number of hydrogen-bond donors (Lipinski definition) is 1. The molecule has 4 nitrogen and oxygen atoms in total. The highest BCUT2D eigenvalue weighted by molar-refractivity contribution is 8.18. The number of amides is 2. The molecule has 0 atom stereocenters. The van der Waals surface area contributed by atoms with Crippen molar-refractivity contribution in [1.29, 1.82) is 0 Å². The van der Waals surface area contributed by atoms with Crippen molar-refractivity contribution in [3.63, 3.8) is 0 Å². The molecular formula is C18H14N2O2S. The van der Waals surface area contributed by atoms with Crippen LogP contribution in [-0.2, 0) is 22.4 Å². The van der Waals surface area contributed by atoms with Gasteiger partial charge in [0.1, 0.15) is 0 Å². The van der Waals surface area contributed by atoms with Crippen LogP contribution in [0.25, 0.3) is 16.8 Å². The van der Waals surface area contributed by atoms with Gasteiger partial charge in [0.15, 0.2) is 5.17 Å². The molecule has 0 saturated heterocycles. The Balaban J connectivity index is 1.75. The van der Waals surface area contributed by atoms with E-state index in [-0.39, 0.29) is 11.8 Å². The second kappa shape index (κ2) is 5.35. The number of benzene rings is 2. The van der Waals surface area contributed by atoms with Gasteiger partial charge in [-0.3, -0.25) is 9.59 Å². The summed E-state index contributed by atoms with van der Waals surface area (Å²) in [6.07, 6.45) is 4.03. The summed E-state index contributed by atoms with van der Waals surface area (Å²) in [6, 6.07) is 10.5. The van der Waals surface area contributed by atoms with E-state index < -0.39 is 0 Å². The predicted octanol–water partition coefficient (Wildman–Crippen LogP) is 3.04. The molecule has 0 aromatic heterocycles. The zero-order chi connectivity index (χ0) is 16.0. The zero-order valence-corrected chi connectivity index (χ0v) is 13.4. The molecule has 1 aliphatic heterocycles. The largest absolute Gasteiger partial charge is 0.305 e. The maximum absolute atomic E-state index is 12.0. The molecule has 114 valence electrons. The summed E-state index contributed by atoms with van der Waals surface area (Å²) < 4.78 is 0. The van der Waals surface area contributed by atoms with E-state index in [9.17, 15) is 9.59 Å². The number of nitrogens with zero attached hydrogens (tertiary/aromatic N) is 1. The molecule has 2 amide bonds. The smallest absolute Gasteiger partial charge is 0.286 e. The number of carbonyl (C=O) groups is 2. The highest BCUT2D eigenvalue weighted by Gasteiger charge is 2.23. The van der Waals surface area contributed by atoms with Gasteiger partial charge in [-0.05, 0) is 58.1 Å². The van der Waals surface area contributed by atoms with E-state index in [2.05, 4.69) is 40.6 Å². The SMILES string of the molecule is CC(=O)NC1=NC(=O)/C(=C/c2ccc3c4c(cccc24)CC3)S1. The first-order valence-corrected chi connectivity index (χ1v) is 8.27. The third-order valence-corrected chi connectivity index (χ3v) is 5.00. The maximum Gasteiger partial charge on any atom is 0.286 e. The first-order chi connectivity index (χ1) is 11.1. The summed E-state index contributed by atoms with van der Waals surface area (Å²) >= 11 is 1.20. The summed E-state index contributed by atoms with van der Waals surface area (Å²) in [4.78, 5) is 27.5. The van der Waals surface area contributed by atoms with Crippen LogP contribution in [0, 0.1) is 0 Å². The number of amidine groups is 1. The Kier molecular flexibility index (Phi) is 3.31. The molecule has 1 heterocycles. The van der Waals surface area contributed by atoms with Crippen molar-refractivity contribution in [2.24, 2.45) is 4.99 Å². The van der Waals surface area contributed by atoms with Crippen molar-refractivity contribution in [3.05, 3.63) is 51.9 Å². The van der Waals surface area contributed by atoms with Crippen LogP contribution in [0.3, 0.4) is 0 Å². The van der Waals surface area contributed by atoms with Crippen LogP contribution in [0.1, 0.15) is 23.6 Å². The van der Waals surface area contributed by atoms with Crippen LogP contribution in [0.5, 0.6) is 0 Å². The average molecular weight is 322 g/mol. The minimum atomic E-state index is -0.304. The molecular weight excluding hydrogens is 308 g/mol. The van der Waals surface area contributed by atoms with E-state index in [1.807, 2.05) is 6.08 Å². The number of rotatable bonds is 1. The van der Waals surface area contributed by atoms with E-state index in [4.69, 9.17) is 0 Å². The van der Waals surface area contributed by atoms with Gasteiger partial charge >= 0.3 is 0 Å². The molecule has 2 aliphatic rings. The van der Waals surface area contributed by atoms with Crippen LogP contribution in [0.4, 0.5) is 0 Å². The normalized spacial score (nSPS) is 17.9. The van der Waals surface area contributed by atoms with E-state index in [1.54, 1.807) is 0 Å². The Bertz CT molecular complexity index is 918. The van der Waals surface area contributed by atoms with Crippen molar-refractivity contribution in [2.75, 3.05) is 0 Å². The van der Waals surface area contributed by atoms with Crippen molar-refractivity contribution >= 4 is 45.6 Å². The van der Waals surface area contributed by atoms with E-state index in [0.717, 1.165) is 18.4 Å². The average Bonchev–Trinajstić information content (AvgIpc) is 3.07. The Morgan fingerprint density at radius 1 is 1.22 bits per heavy atom. The highest BCUT2D eigenvalue weighted by atomic mass is 32.2. The number of aryl methyl sites for hydroxylation is 2. The lowest BCUT2D eigenvalue weighted by Gasteiger charge is -2.06. The van der Waals surface area contributed by atoms with Gasteiger partial charge in [-0.1, -0.05) is 30.3 Å². The minimum Gasteiger partial charge on any atom is -0.305 e. The quantitative estimate of drug-likeness (QED) is 0.821. The Hall–Kier alpha value is -2.40. The Morgan fingerprint density at radius 2 is 2.00 bits per heavy atom. The molecule has 0 bridgehead atoms. The third-order valence-electron chi connectivity index (χ3n) is 4.10. The van der Waals surface area contributed by atoms with Crippen molar-refractivity contribution in [2.45, 2.75) is 19.8 Å². The molecule has 4 rings (SSSR count). The lowest BCUT2D eigenvalue weighted by molar-refractivity contribution is -0.117. The molecule has 2 aromatic rings. The fourth-order valence-electron chi connectivity index (χ4n) is 3.15. The molecule has 2 aromatic carbocycles. The molecule has 5 heteroatoms.